The Balaban J connectivity index is 1.71. The van der Waals surface area contributed by atoms with Crippen LogP contribution in [-0.4, -0.2) is 54.6 Å². The van der Waals surface area contributed by atoms with Crippen LogP contribution < -0.4 is 0 Å². The average molecular weight is 444 g/mol. The van der Waals surface area contributed by atoms with Crippen LogP contribution >= 0.6 is 23.2 Å². The Morgan fingerprint density at radius 2 is 1.71 bits per heavy atom. The fourth-order valence-corrected chi connectivity index (χ4v) is 4.85. The zero-order valence-corrected chi connectivity index (χ0v) is 16.7. The van der Waals surface area contributed by atoms with Gasteiger partial charge < -0.3 is 4.90 Å². The van der Waals surface area contributed by atoms with E-state index in [1.807, 2.05) is 0 Å². The van der Waals surface area contributed by atoms with Crippen molar-refractivity contribution in [1.82, 2.24) is 9.21 Å². The molecule has 0 spiro atoms. The van der Waals surface area contributed by atoms with E-state index in [2.05, 4.69) is 0 Å². The Kier molecular flexibility index (Phi) is 5.90. The van der Waals surface area contributed by atoms with Crippen molar-refractivity contribution >= 4 is 44.8 Å². The summed E-state index contributed by atoms with van der Waals surface area (Å²) in [5.41, 5.74) is -0.0719. The van der Waals surface area contributed by atoms with Crippen molar-refractivity contribution in [2.24, 2.45) is 0 Å². The van der Waals surface area contributed by atoms with E-state index in [4.69, 9.17) is 23.2 Å². The SMILES string of the molecule is O=C(c1ccc([N+](=O)[O-])cc1Cl)N1CCN(S(=O)(=O)c2cccc(Cl)c2)CC1. The van der Waals surface area contributed by atoms with Crippen LogP contribution in [0.5, 0.6) is 0 Å². The predicted molar refractivity (Wildman–Crippen MR) is 104 cm³/mol. The van der Waals surface area contributed by atoms with Gasteiger partial charge in [-0.3, -0.25) is 14.9 Å². The molecule has 1 aliphatic heterocycles. The van der Waals surface area contributed by atoms with Gasteiger partial charge in [-0.2, -0.15) is 4.31 Å². The van der Waals surface area contributed by atoms with Crippen LogP contribution in [0.25, 0.3) is 0 Å². The van der Waals surface area contributed by atoms with E-state index >= 15 is 0 Å². The number of nitro benzene ring substituents is 1. The minimum Gasteiger partial charge on any atom is -0.336 e. The number of hydrogen-bond acceptors (Lipinski definition) is 5. The van der Waals surface area contributed by atoms with Crippen LogP contribution in [0.2, 0.25) is 10.0 Å². The minimum atomic E-state index is -3.71. The fourth-order valence-electron chi connectivity index (χ4n) is 2.87. The Morgan fingerprint density at radius 3 is 2.29 bits per heavy atom. The molecule has 8 nitrogen and oxygen atoms in total. The lowest BCUT2D eigenvalue weighted by atomic mass is 10.1. The first-order chi connectivity index (χ1) is 13.2. The van der Waals surface area contributed by atoms with Crippen molar-refractivity contribution < 1.29 is 18.1 Å². The molecule has 1 heterocycles. The van der Waals surface area contributed by atoms with E-state index in [9.17, 15) is 23.3 Å². The summed E-state index contributed by atoms with van der Waals surface area (Å²) in [7, 11) is -3.71. The van der Waals surface area contributed by atoms with Gasteiger partial charge in [-0.1, -0.05) is 29.3 Å². The third-order valence-corrected chi connectivity index (χ3v) is 6.80. The summed E-state index contributed by atoms with van der Waals surface area (Å²) in [6, 6.07) is 9.63. The molecule has 0 radical (unpaired) electrons. The molecule has 1 fully saturated rings. The zero-order valence-electron chi connectivity index (χ0n) is 14.4. The number of nitro groups is 1. The van der Waals surface area contributed by atoms with Crippen LogP contribution in [0, 0.1) is 10.1 Å². The number of nitrogens with zero attached hydrogens (tertiary/aromatic N) is 3. The van der Waals surface area contributed by atoms with Crippen molar-refractivity contribution in [3.05, 3.63) is 68.2 Å². The maximum atomic E-state index is 12.7. The molecule has 2 aromatic rings. The second-order valence-electron chi connectivity index (χ2n) is 6.07. The molecule has 148 valence electrons. The van der Waals surface area contributed by atoms with Crippen molar-refractivity contribution in [2.45, 2.75) is 4.90 Å². The number of hydrogen-bond donors (Lipinski definition) is 0. The average Bonchev–Trinajstić information content (AvgIpc) is 2.67. The molecule has 1 aliphatic rings. The number of carbonyl (C=O) groups is 1. The highest BCUT2D eigenvalue weighted by molar-refractivity contribution is 7.89. The maximum Gasteiger partial charge on any atom is 0.270 e. The van der Waals surface area contributed by atoms with E-state index < -0.39 is 20.9 Å². The van der Waals surface area contributed by atoms with Gasteiger partial charge in [-0.15, -0.1) is 0 Å². The van der Waals surface area contributed by atoms with E-state index in [0.717, 1.165) is 6.07 Å². The van der Waals surface area contributed by atoms with Gasteiger partial charge in [-0.05, 0) is 24.3 Å². The molecule has 0 bridgehead atoms. The molecule has 3 rings (SSSR count). The van der Waals surface area contributed by atoms with Gasteiger partial charge in [0, 0.05) is 43.3 Å². The van der Waals surface area contributed by atoms with Gasteiger partial charge in [0.25, 0.3) is 11.6 Å². The van der Waals surface area contributed by atoms with Gasteiger partial charge in [0.15, 0.2) is 0 Å². The Labute approximate surface area is 171 Å². The molecule has 1 saturated heterocycles. The lowest BCUT2D eigenvalue weighted by Gasteiger charge is -2.34. The van der Waals surface area contributed by atoms with Gasteiger partial charge in [-0.25, -0.2) is 8.42 Å². The molecule has 11 heteroatoms. The molecular weight excluding hydrogens is 429 g/mol. The highest BCUT2D eigenvalue weighted by atomic mass is 35.5. The summed E-state index contributed by atoms with van der Waals surface area (Å²) >= 11 is 11.9. The van der Waals surface area contributed by atoms with Crippen LogP contribution in [0.4, 0.5) is 5.69 Å². The van der Waals surface area contributed by atoms with Crippen LogP contribution in [0.1, 0.15) is 10.4 Å². The minimum absolute atomic E-state index is 0.0202. The highest BCUT2D eigenvalue weighted by Gasteiger charge is 2.31. The van der Waals surface area contributed by atoms with E-state index in [0.29, 0.717) is 5.02 Å². The molecule has 0 unspecified atom stereocenters. The molecule has 0 aliphatic carbocycles. The number of sulfonamides is 1. The van der Waals surface area contributed by atoms with Gasteiger partial charge >= 0.3 is 0 Å². The van der Waals surface area contributed by atoms with Crippen molar-refractivity contribution in [1.29, 1.82) is 0 Å². The third-order valence-electron chi connectivity index (χ3n) is 4.35. The third kappa shape index (κ3) is 4.12. The number of piperazine rings is 1. The van der Waals surface area contributed by atoms with E-state index in [-0.39, 0.29) is 47.3 Å². The molecule has 0 N–H and O–H groups in total. The van der Waals surface area contributed by atoms with E-state index in [1.165, 1.54) is 33.5 Å². The van der Waals surface area contributed by atoms with Crippen molar-refractivity contribution in [3.8, 4) is 0 Å². The summed E-state index contributed by atoms with van der Waals surface area (Å²) < 4.78 is 26.7. The molecule has 0 aromatic heterocycles. The quantitative estimate of drug-likeness (QED) is 0.533. The van der Waals surface area contributed by atoms with Crippen molar-refractivity contribution in [2.75, 3.05) is 26.2 Å². The molecule has 0 atom stereocenters. The number of benzene rings is 2. The fraction of sp³-hybridized carbons (Fsp3) is 0.235. The molecule has 1 amide bonds. The second kappa shape index (κ2) is 8.04. The van der Waals surface area contributed by atoms with Crippen molar-refractivity contribution in [3.63, 3.8) is 0 Å². The predicted octanol–water partition coefficient (Wildman–Crippen LogP) is 3.05. The van der Waals surface area contributed by atoms with Gasteiger partial charge in [0.05, 0.1) is 20.4 Å². The summed E-state index contributed by atoms with van der Waals surface area (Å²) in [6.45, 7) is 0.578. The second-order valence-corrected chi connectivity index (χ2v) is 8.86. The standard InChI is InChI=1S/C17H15Cl2N3O5S/c18-12-2-1-3-14(10-12)28(26,27)21-8-6-20(7-9-21)17(23)15-5-4-13(22(24)25)11-16(15)19/h1-5,10-11H,6-9H2. The first-order valence-electron chi connectivity index (χ1n) is 8.19. The van der Waals surface area contributed by atoms with Crippen LogP contribution in [0.15, 0.2) is 47.4 Å². The molecule has 28 heavy (non-hydrogen) atoms. The Hall–Kier alpha value is -2.20. The van der Waals surface area contributed by atoms with Crippen LogP contribution in [0.3, 0.4) is 0 Å². The summed E-state index contributed by atoms with van der Waals surface area (Å²) in [4.78, 5) is 24.4. The summed E-state index contributed by atoms with van der Waals surface area (Å²) in [5, 5.41) is 11.1. The number of rotatable bonds is 4. The Bertz CT molecular complexity index is 1040. The topological polar surface area (TPSA) is 101 Å². The smallest absolute Gasteiger partial charge is 0.270 e. The lowest BCUT2D eigenvalue weighted by Crippen LogP contribution is -2.50. The number of carbonyl (C=O) groups excluding carboxylic acids is 1. The Morgan fingerprint density at radius 1 is 1.04 bits per heavy atom. The zero-order chi connectivity index (χ0) is 20.5. The monoisotopic (exact) mass is 443 g/mol. The van der Waals surface area contributed by atoms with Gasteiger partial charge in [0.1, 0.15) is 0 Å². The first-order valence-corrected chi connectivity index (χ1v) is 10.4. The molecular formula is C17H15Cl2N3O5S. The summed E-state index contributed by atoms with van der Waals surface area (Å²) in [5.74, 6) is -0.403. The molecule has 0 saturated carbocycles. The highest BCUT2D eigenvalue weighted by Crippen LogP contribution is 2.25. The normalized spacial score (nSPS) is 15.4. The lowest BCUT2D eigenvalue weighted by molar-refractivity contribution is -0.384. The number of halogens is 2. The largest absolute Gasteiger partial charge is 0.336 e. The maximum absolute atomic E-state index is 12.7. The first kappa shape index (κ1) is 20.5. The number of amides is 1. The van der Waals surface area contributed by atoms with Gasteiger partial charge in [0.2, 0.25) is 10.0 Å². The molecule has 2 aromatic carbocycles. The van der Waals surface area contributed by atoms with Crippen LogP contribution in [-0.2, 0) is 10.0 Å². The van der Waals surface area contributed by atoms with E-state index in [1.54, 1.807) is 12.1 Å². The summed E-state index contributed by atoms with van der Waals surface area (Å²) in [6.07, 6.45) is 0. The number of non-ortho nitro benzene ring substituents is 1.